The summed E-state index contributed by atoms with van der Waals surface area (Å²) in [5.41, 5.74) is 1.19. The molecular formula is C15H19N5O. The molecule has 0 aliphatic carbocycles. The van der Waals surface area contributed by atoms with Crippen LogP contribution in [0.25, 0.3) is 0 Å². The van der Waals surface area contributed by atoms with E-state index in [1.54, 1.807) is 7.05 Å². The van der Waals surface area contributed by atoms with Gasteiger partial charge in [-0.2, -0.15) is 15.0 Å². The van der Waals surface area contributed by atoms with Crippen molar-refractivity contribution >= 4 is 11.9 Å². The number of nitrogens with zero attached hydrogens (tertiary/aromatic N) is 4. The summed E-state index contributed by atoms with van der Waals surface area (Å²) in [5.74, 6) is 1.92. The molecule has 1 N–H and O–H groups in total. The fraction of sp³-hybridized carbons (Fsp3) is 0.400. The van der Waals surface area contributed by atoms with Crippen LogP contribution in [0.5, 0.6) is 11.8 Å². The van der Waals surface area contributed by atoms with Crippen LogP contribution in [0.3, 0.4) is 0 Å². The quantitative estimate of drug-likeness (QED) is 0.931. The molecule has 1 saturated heterocycles. The molecule has 21 heavy (non-hydrogen) atoms. The molecule has 0 saturated carbocycles. The van der Waals surface area contributed by atoms with E-state index >= 15 is 0 Å². The minimum Gasteiger partial charge on any atom is -0.424 e. The molecule has 110 valence electrons. The lowest BCUT2D eigenvalue weighted by Crippen LogP contribution is -2.21. The van der Waals surface area contributed by atoms with E-state index in [1.807, 2.05) is 31.2 Å². The Bertz CT molecular complexity index is 608. The highest BCUT2D eigenvalue weighted by molar-refractivity contribution is 5.39. The van der Waals surface area contributed by atoms with Crippen molar-refractivity contribution in [2.45, 2.75) is 19.8 Å². The molecule has 0 amide bonds. The second-order valence-electron chi connectivity index (χ2n) is 5.10. The molecule has 6 heteroatoms. The number of benzene rings is 1. The molecule has 1 fully saturated rings. The van der Waals surface area contributed by atoms with Gasteiger partial charge in [-0.05, 0) is 31.9 Å². The SMILES string of the molecule is CNc1nc(Oc2ccc(C)cc2)nc(N2CCCC2)n1. The summed E-state index contributed by atoms with van der Waals surface area (Å²) in [6.07, 6.45) is 2.35. The number of ether oxygens (including phenoxy) is 1. The lowest BCUT2D eigenvalue weighted by atomic mass is 10.2. The number of nitrogens with one attached hydrogen (secondary N) is 1. The summed E-state index contributed by atoms with van der Waals surface area (Å²) in [5, 5.41) is 2.96. The third-order valence-electron chi connectivity index (χ3n) is 3.45. The van der Waals surface area contributed by atoms with Gasteiger partial charge in [-0.3, -0.25) is 0 Å². The van der Waals surface area contributed by atoms with Gasteiger partial charge in [0.25, 0.3) is 0 Å². The molecule has 0 bridgehead atoms. The summed E-state index contributed by atoms with van der Waals surface area (Å²) < 4.78 is 5.75. The topological polar surface area (TPSA) is 63.2 Å². The van der Waals surface area contributed by atoms with Crippen LogP contribution in [-0.4, -0.2) is 35.1 Å². The van der Waals surface area contributed by atoms with Crippen LogP contribution in [0, 0.1) is 6.92 Å². The number of aryl methyl sites for hydroxylation is 1. The third-order valence-corrected chi connectivity index (χ3v) is 3.45. The first kappa shape index (κ1) is 13.6. The summed E-state index contributed by atoms with van der Waals surface area (Å²) in [6, 6.07) is 8.13. The van der Waals surface area contributed by atoms with E-state index in [-0.39, 0.29) is 0 Å². The number of hydrogen-bond donors (Lipinski definition) is 1. The van der Waals surface area contributed by atoms with Gasteiger partial charge in [-0.1, -0.05) is 17.7 Å². The maximum absolute atomic E-state index is 5.75. The molecule has 1 aromatic heterocycles. The van der Waals surface area contributed by atoms with Crippen LogP contribution < -0.4 is 15.0 Å². The highest BCUT2D eigenvalue weighted by atomic mass is 16.5. The Labute approximate surface area is 124 Å². The molecule has 0 unspecified atom stereocenters. The van der Waals surface area contributed by atoms with Crippen molar-refractivity contribution in [1.82, 2.24) is 15.0 Å². The minimum atomic E-state index is 0.320. The van der Waals surface area contributed by atoms with Gasteiger partial charge < -0.3 is 15.0 Å². The van der Waals surface area contributed by atoms with Crippen molar-refractivity contribution in [2.75, 3.05) is 30.4 Å². The highest BCUT2D eigenvalue weighted by Crippen LogP contribution is 2.23. The Kier molecular flexibility index (Phi) is 3.85. The van der Waals surface area contributed by atoms with Gasteiger partial charge >= 0.3 is 6.01 Å². The van der Waals surface area contributed by atoms with Crippen molar-refractivity contribution in [3.63, 3.8) is 0 Å². The number of rotatable bonds is 4. The van der Waals surface area contributed by atoms with Gasteiger partial charge in [0, 0.05) is 20.1 Å². The summed E-state index contributed by atoms with van der Waals surface area (Å²) in [7, 11) is 1.79. The Morgan fingerprint density at radius 3 is 2.43 bits per heavy atom. The van der Waals surface area contributed by atoms with Crippen LogP contribution in [0.2, 0.25) is 0 Å². The molecular weight excluding hydrogens is 266 g/mol. The van der Waals surface area contributed by atoms with Gasteiger partial charge in [-0.15, -0.1) is 0 Å². The normalized spacial score (nSPS) is 14.3. The van der Waals surface area contributed by atoms with Crippen molar-refractivity contribution in [2.24, 2.45) is 0 Å². The smallest absolute Gasteiger partial charge is 0.328 e. The Balaban J connectivity index is 1.86. The molecule has 1 aromatic carbocycles. The van der Waals surface area contributed by atoms with E-state index in [1.165, 1.54) is 18.4 Å². The molecule has 0 atom stereocenters. The molecule has 6 nitrogen and oxygen atoms in total. The molecule has 3 rings (SSSR count). The lowest BCUT2D eigenvalue weighted by Gasteiger charge is -2.16. The first-order valence-electron chi connectivity index (χ1n) is 7.18. The molecule has 1 aliphatic rings. The molecule has 0 radical (unpaired) electrons. The van der Waals surface area contributed by atoms with Crippen molar-refractivity contribution < 1.29 is 4.74 Å². The maximum Gasteiger partial charge on any atom is 0.328 e. The molecule has 2 aromatic rings. The minimum absolute atomic E-state index is 0.320. The fourth-order valence-electron chi connectivity index (χ4n) is 2.27. The first-order chi connectivity index (χ1) is 10.2. The van der Waals surface area contributed by atoms with Crippen LogP contribution >= 0.6 is 0 Å². The van der Waals surface area contributed by atoms with Gasteiger partial charge in [0.15, 0.2) is 0 Å². The van der Waals surface area contributed by atoms with Crippen LogP contribution in [-0.2, 0) is 0 Å². The summed E-state index contributed by atoms with van der Waals surface area (Å²) in [6.45, 7) is 4.01. The molecule has 2 heterocycles. The van der Waals surface area contributed by atoms with E-state index in [0.29, 0.717) is 17.9 Å². The van der Waals surface area contributed by atoms with Crippen LogP contribution in [0.4, 0.5) is 11.9 Å². The number of anilines is 2. The Morgan fingerprint density at radius 1 is 1.05 bits per heavy atom. The largest absolute Gasteiger partial charge is 0.424 e. The Morgan fingerprint density at radius 2 is 1.76 bits per heavy atom. The van der Waals surface area contributed by atoms with E-state index in [4.69, 9.17) is 4.74 Å². The van der Waals surface area contributed by atoms with E-state index in [2.05, 4.69) is 25.2 Å². The molecule has 0 spiro atoms. The van der Waals surface area contributed by atoms with E-state index in [9.17, 15) is 0 Å². The standard InChI is InChI=1S/C15H19N5O/c1-11-5-7-12(8-6-11)21-15-18-13(16-2)17-14(19-15)20-9-3-4-10-20/h5-8H,3-4,9-10H2,1-2H3,(H,16,17,18,19). The monoisotopic (exact) mass is 285 g/mol. The zero-order valence-corrected chi connectivity index (χ0v) is 12.3. The van der Waals surface area contributed by atoms with E-state index < -0.39 is 0 Å². The van der Waals surface area contributed by atoms with Crippen molar-refractivity contribution in [3.05, 3.63) is 29.8 Å². The highest BCUT2D eigenvalue weighted by Gasteiger charge is 2.17. The predicted molar refractivity (Wildman–Crippen MR) is 82.1 cm³/mol. The van der Waals surface area contributed by atoms with E-state index in [0.717, 1.165) is 18.8 Å². The average Bonchev–Trinajstić information content (AvgIpc) is 3.04. The average molecular weight is 285 g/mol. The van der Waals surface area contributed by atoms with Crippen LogP contribution in [0.1, 0.15) is 18.4 Å². The molecule has 1 aliphatic heterocycles. The van der Waals surface area contributed by atoms with Crippen LogP contribution in [0.15, 0.2) is 24.3 Å². The summed E-state index contributed by atoms with van der Waals surface area (Å²) in [4.78, 5) is 15.2. The Hall–Kier alpha value is -2.37. The van der Waals surface area contributed by atoms with Gasteiger partial charge in [0.2, 0.25) is 11.9 Å². The zero-order valence-electron chi connectivity index (χ0n) is 12.3. The lowest BCUT2D eigenvalue weighted by molar-refractivity contribution is 0.440. The second-order valence-corrected chi connectivity index (χ2v) is 5.10. The first-order valence-corrected chi connectivity index (χ1v) is 7.18. The van der Waals surface area contributed by atoms with Gasteiger partial charge in [-0.25, -0.2) is 0 Å². The summed E-state index contributed by atoms with van der Waals surface area (Å²) >= 11 is 0. The predicted octanol–water partition coefficient (Wildman–Crippen LogP) is 2.61. The van der Waals surface area contributed by atoms with Crippen molar-refractivity contribution in [1.29, 1.82) is 0 Å². The van der Waals surface area contributed by atoms with Gasteiger partial charge in [0.1, 0.15) is 5.75 Å². The van der Waals surface area contributed by atoms with Crippen molar-refractivity contribution in [3.8, 4) is 11.8 Å². The fourth-order valence-corrected chi connectivity index (χ4v) is 2.27. The zero-order chi connectivity index (χ0) is 14.7. The second kappa shape index (κ2) is 5.95. The van der Waals surface area contributed by atoms with Gasteiger partial charge in [0.05, 0.1) is 0 Å². The number of aromatic nitrogens is 3. The third kappa shape index (κ3) is 3.21. The maximum atomic E-state index is 5.75. The number of hydrogen-bond acceptors (Lipinski definition) is 6.